The summed E-state index contributed by atoms with van der Waals surface area (Å²) in [4.78, 5) is 0. The lowest BCUT2D eigenvalue weighted by molar-refractivity contribution is 0.543. The lowest BCUT2D eigenvalue weighted by Crippen LogP contribution is -1.80. The summed E-state index contributed by atoms with van der Waals surface area (Å²) in [6, 6.07) is 0. The van der Waals surface area contributed by atoms with E-state index in [2.05, 4.69) is 13.8 Å². The van der Waals surface area contributed by atoms with Gasteiger partial charge in [0.1, 0.15) is 0 Å². The van der Waals surface area contributed by atoms with E-state index in [0.717, 1.165) is 6.26 Å². The van der Waals surface area contributed by atoms with E-state index in [1.165, 1.54) is 64.2 Å². The molecule has 0 amide bonds. The molecule has 0 radical (unpaired) electrons. The Balaban J connectivity index is 0. The maximum absolute atomic E-state index is 9.00. The molecule has 2 nitrogen and oxygen atoms in total. The van der Waals surface area contributed by atoms with Crippen molar-refractivity contribution in [1.29, 1.82) is 0 Å². The maximum Gasteiger partial charge on any atom is -0.00142 e. The molecule has 0 spiro atoms. The fourth-order valence-corrected chi connectivity index (χ4v) is 1.56. The lowest BCUT2D eigenvalue weighted by Gasteiger charge is -1.99. The van der Waals surface area contributed by atoms with Crippen molar-refractivity contribution in [3.05, 3.63) is 0 Å². The van der Waals surface area contributed by atoms with Gasteiger partial charge in [-0.3, -0.25) is 4.21 Å². The Hall–Kier alpha value is 0.110. The molecule has 16 heavy (non-hydrogen) atoms. The van der Waals surface area contributed by atoms with Gasteiger partial charge in [-0.2, -0.15) is 0 Å². The van der Waals surface area contributed by atoms with Crippen molar-refractivity contribution in [3.8, 4) is 0 Å². The van der Waals surface area contributed by atoms with Crippen LogP contribution in [-0.4, -0.2) is 15.0 Å². The van der Waals surface area contributed by atoms with Gasteiger partial charge in [-0.15, -0.1) is 0 Å². The highest BCUT2D eigenvalue weighted by Gasteiger charge is 1.90. The Bertz CT molecular complexity index is 124. The van der Waals surface area contributed by atoms with Gasteiger partial charge >= 0.3 is 0 Å². The zero-order valence-corrected chi connectivity index (χ0v) is 12.1. The fourth-order valence-electron chi connectivity index (χ4n) is 1.56. The Morgan fingerprint density at radius 3 is 1.12 bits per heavy atom. The van der Waals surface area contributed by atoms with Crippen LogP contribution in [0.25, 0.3) is 0 Å². The Morgan fingerprint density at radius 1 is 0.750 bits per heavy atom. The summed E-state index contributed by atoms with van der Waals surface area (Å²) < 4.78 is 18.0. The Morgan fingerprint density at radius 2 is 0.938 bits per heavy atom. The van der Waals surface area contributed by atoms with E-state index in [4.69, 9.17) is 8.76 Å². The molecule has 0 aliphatic rings. The van der Waals surface area contributed by atoms with E-state index in [1.807, 2.05) is 0 Å². The van der Waals surface area contributed by atoms with Crippen molar-refractivity contribution in [1.82, 2.24) is 0 Å². The molecule has 0 heterocycles. The summed E-state index contributed by atoms with van der Waals surface area (Å²) in [5.41, 5.74) is 0. The quantitative estimate of drug-likeness (QED) is 0.448. The molecule has 1 unspecified atom stereocenters. The van der Waals surface area contributed by atoms with Crippen LogP contribution in [0.2, 0.25) is 0 Å². The molecule has 0 aliphatic carbocycles. The topological polar surface area (TPSA) is 40.1 Å². The number of rotatable bonds is 9. The van der Waals surface area contributed by atoms with Crippen molar-refractivity contribution in [2.45, 2.75) is 78.1 Å². The molecule has 0 rings (SSSR count). The van der Waals surface area contributed by atoms with Gasteiger partial charge in [-0.1, -0.05) is 89.1 Å². The first-order valence-corrected chi connectivity index (χ1v) is 8.14. The summed E-state index contributed by atoms with van der Waals surface area (Å²) in [6.45, 7) is 4.56. The third-order valence-electron chi connectivity index (χ3n) is 2.46. The SMILES string of the molecule is CCCCCCCCCCCC.CS(=O)[O-]. The average Bonchev–Trinajstić information content (AvgIpc) is 2.21. The van der Waals surface area contributed by atoms with Gasteiger partial charge in [-0.25, -0.2) is 0 Å². The van der Waals surface area contributed by atoms with Crippen LogP contribution in [0.1, 0.15) is 78.1 Å². The summed E-state index contributed by atoms with van der Waals surface area (Å²) in [7, 11) is 0. The van der Waals surface area contributed by atoms with Gasteiger partial charge in [-0.05, 0) is 6.26 Å². The van der Waals surface area contributed by atoms with Crippen LogP contribution in [0.4, 0.5) is 0 Å². The average molecular weight is 249 g/mol. The normalized spacial score (nSPS) is 11.8. The summed E-state index contributed by atoms with van der Waals surface area (Å²) in [5, 5.41) is 0. The van der Waals surface area contributed by atoms with Crippen molar-refractivity contribution in [2.24, 2.45) is 0 Å². The fraction of sp³-hybridized carbons (Fsp3) is 1.00. The van der Waals surface area contributed by atoms with E-state index < -0.39 is 11.1 Å². The molecule has 0 saturated carbocycles. The number of unbranched alkanes of at least 4 members (excludes halogenated alkanes) is 9. The zero-order valence-electron chi connectivity index (χ0n) is 11.3. The summed E-state index contributed by atoms with van der Waals surface area (Å²) in [5.74, 6) is 0. The van der Waals surface area contributed by atoms with Crippen molar-refractivity contribution in [3.63, 3.8) is 0 Å². The molecule has 0 saturated heterocycles. The van der Waals surface area contributed by atoms with Crippen molar-refractivity contribution < 1.29 is 8.76 Å². The molecular formula is C13H29O2S-. The third kappa shape index (κ3) is 29.2. The number of hydrogen-bond acceptors (Lipinski definition) is 2. The molecule has 100 valence electrons. The smallest absolute Gasteiger partial charge is 0.00142 e. The molecule has 0 N–H and O–H groups in total. The predicted octanol–water partition coefficient (Wildman–Crippen LogP) is 4.42. The van der Waals surface area contributed by atoms with Crippen LogP contribution in [0, 0.1) is 0 Å². The van der Waals surface area contributed by atoms with Gasteiger partial charge in [0.15, 0.2) is 0 Å². The van der Waals surface area contributed by atoms with Crippen LogP contribution < -0.4 is 0 Å². The second-order valence-electron chi connectivity index (χ2n) is 4.23. The van der Waals surface area contributed by atoms with E-state index >= 15 is 0 Å². The predicted molar refractivity (Wildman–Crippen MR) is 72.4 cm³/mol. The third-order valence-corrected chi connectivity index (χ3v) is 2.46. The van der Waals surface area contributed by atoms with Gasteiger partial charge in [0.2, 0.25) is 0 Å². The Labute approximate surface area is 105 Å². The van der Waals surface area contributed by atoms with E-state index in [9.17, 15) is 0 Å². The first-order chi connectivity index (χ1) is 7.65. The largest absolute Gasteiger partial charge is 0.773 e. The van der Waals surface area contributed by atoms with Gasteiger partial charge < -0.3 is 4.55 Å². The van der Waals surface area contributed by atoms with E-state index in [-0.39, 0.29) is 0 Å². The van der Waals surface area contributed by atoms with Gasteiger partial charge in [0, 0.05) is 0 Å². The monoisotopic (exact) mass is 249 g/mol. The van der Waals surface area contributed by atoms with Crippen LogP contribution in [0.5, 0.6) is 0 Å². The molecule has 0 aromatic rings. The highest BCUT2D eigenvalue weighted by molar-refractivity contribution is 7.78. The minimum atomic E-state index is -1.86. The first kappa shape index (κ1) is 18.5. The first-order valence-electron chi connectivity index (χ1n) is 6.66. The summed E-state index contributed by atoms with van der Waals surface area (Å²) >= 11 is -1.86. The molecule has 3 heteroatoms. The molecule has 1 atom stereocenters. The standard InChI is InChI=1S/C12H26.CH4O2S/c1-3-5-7-9-11-12-10-8-6-4-2;1-4(2)3/h3-12H2,1-2H3;1H3,(H,2,3)/p-1. The molecule has 0 fully saturated rings. The van der Waals surface area contributed by atoms with Gasteiger partial charge in [0.05, 0.1) is 0 Å². The van der Waals surface area contributed by atoms with Crippen molar-refractivity contribution in [2.75, 3.05) is 6.26 Å². The molecule has 0 bridgehead atoms. The second-order valence-corrected chi connectivity index (χ2v) is 5.03. The molecular weight excluding hydrogens is 220 g/mol. The molecule has 0 aromatic heterocycles. The van der Waals surface area contributed by atoms with Crippen molar-refractivity contribution >= 4 is 11.1 Å². The van der Waals surface area contributed by atoms with E-state index in [0.29, 0.717) is 0 Å². The highest BCUT2D eigenvalue weighted by atomic mass is 32.2. The molecule has 0 aromatic carbocycles. The maximum atomic E-state index is 9.00. The molecule has 0 aliphatic heterocycles. The van der Waals surface area contributed by atoms with Crippen LogP contribution in [0.15, 0.2) is 0 Å². The number of hydrogen-bond donors (Lipinski definition) is 0. The minimum Gasteiger partial charge on any atom is -0.773 e. The second kappa shape index (κ2) is 17.5. The lowest BCUT2D eigenvalue weighted by atomic mass is 10.1. The van der Waals surface area contributed by atoms with E-state index in [1.54, 1.807) is 0 Å². The minimum absolute atomic E-state index is 1.08. The van der Waals surface area contributed by atoms with Gasteiger partial charge in [0.25, 0.3) is 0 Å². The Kier molecular flexibility index (Phi) is 20.2. The van der Waals surface area contributed by atoms with Crippen LogP contribution in [-0.2, 0) is 11.1 Å². The highest BCUT2D eigenvalue weighted by Crippen LogP contribution is 2.09. The summed E-state index contributed by atoms with van der Waals surface area (Å²) in [6.07, 6.45) is 15.5. The van der Waals surface area contributed by atoms with Crippen LogP contribution >= 0.6 is 0 Å². The van der Waals surface area contributed by atoms with Crippen LogP contribution in [0.3, 0.4) is 0 Å². The zero-order chi connectivity index (χ0) is 12.6.